The zero-order chi connectivity index (χ0) is 24.0. The van der Waals surface area contributed by atoms with E-state index in [1.807, 2.05) is 6.07 Å². The SMILES string of the molecule is CC(C)(C)OC(=O)[C@H](Nc1ccc(Cl)cc1)C(Nc1ccc(Cl)cc1)C(=O)c1ccccc1. The van der Waals surface area contributed by atoms with E-state index in [2.05, 4.69) is 10.6 Å². The zero-order valence-electron chi connectivity index (χ0n) is 18.6. The number of esters is 1. The number of carbonyl (C=O) groups excluding carboxylic acids is 2. The van der Waals surface area contributed by atoms with Crippen LogP contribution in [0, 0.1) is 0 Å². The average Bonchev–Trinajstić information content (AvgIpc) is 2.77. The number of ketones is 1. The van der Waals surface area contributed by atoms with Crippen LogP contribution in [0.1, 0.15) is 31.1 Å². The molecule has 2 N–H and O–H groups in total. The Bertz CT molecular complexity index is 1080. The molecule has 0 radical (unpaired) electrons. The van der Waals surface area contributed by atoms with Gasteiger partial charge in [0.15, 0.2) is 11.8 Å². The highest BCUT2D eigenvalue weighted by Gasteiger charge is 2.37. The van der Waals surface area contributed by atoms with Gasteiger partial charge < -0.3 is 15.4 Å². The number of ether oxygens (including phenoxy) is 1. The molecule has 1 unspecified atom stereocenters. The molecule has 3 aromatic carbocycles. The molecule has 3 aromatic rings. The number of halogens is 2. The van der Waals surface area contributed by atoms with Crippen LogP contribution in [0.15, 0.2) is 78.9 Å². The minimum atomic E-state index is -1.03. The predicted molar refractivity (Wildman–Crippen MR) is 134 cm³/mol. The Kier molecular flexibility index (Phi) is 8.01. The summed E-state index contributed by atoms with van der Waals surface area (Å²) in [5.41, 5.74) is 0.993. The first-order chi connectivity index (χ1) is 15.6. The van der Waals surface area contributed by atoms with Gasteiger partial charge in [-0.3, -0.25) is 4.79 Å². The van der Waals surface area contributed by atoms with Crippen molar-refractivity contribution in [1.29, 1.82) is 0 Å². The van der Waals surface area contributed by atoms with E-state index in [-0.39, 0.29) is 5.78 Å². The molecule has 0 heterocycles. The minimum Gasteiger partial charge on any atom is -0.458 e. The average molecular weight is 485 g/mol. The van der Waals surface area contributed by atoms with E-state index in [1.165, 1.54) is 0 Å². The molecule has 0 amide bonds. The van der Waals surface area contributed by atoms with Crippen molar-refractivity contribution in [3.05, 3.63) is 94.5 Å². The summed E-state index contributed by atoms with van der Waals surface area (Å²) in [6.07, 6.45) is 0. The van der Waals surface area contributed by atoms with Crippen LogP contribution >= 0.6 is 23.2 Å². The number of Topliss-reactive ketones (excluding diaryl/α,β-unsaturated/α-hetero) is 1. The van der Waals surface area contributed by atoms with Crippen LogP contribution in [-0.4, -0.2) is 29.4 Å². The lowest BCUT2D eigenvalue weighted by atomic mass is 9.96. The van der Waals surface area contributed by atoms with Crippen LogP contribution in [-0.2, 0) is 9.53 Å². The fourth-order valence-corrected chi connectivity index (χ4v) is 3.43. The molecule has 7 heteroatoms. The van der Waals surface area contributed by atoms with Gasteiger partial charge in [0.25, 0.3) is 0 Å². The molecule has 0 aliphatic carbocycles. The second-order valence-corrected chi connectivity index (χ2v) is 9.39. The Morgan fingerprint density at radius 3 is 1.64 bits per heavy atom. The molecule has 5 nitrogen and oxygen atoms in total. The van der Waals surface area contributed by atoms with E-state index in [0.29, 0.717) is 27.0 Å². The van der Waals surface area contributed by atoms with Gasteiger partial charge in [0.1, 0.15) is 11.6 Å². The van der Waals surface area contributed by atoms with Crippen molar-refractivity contribution < 1.29 is 14.3 Å². The smallest absolute Gasteiger partial charge is 0.331 e. The van der Waals surface area contributed by atoms with Crippen molar-refractivity contribution in [1.82, 2.24) is 0 Å². The van der Waals surface area contributed by atoms with E-state index in [1.54, 1.807) is 93.6 Å². The molecule has 0 aliphatic rings. The zero-order valence-corrected chi connectivity index (χ0v) is 20.2. The predicted octanol–water partition coefficient (Wildman–Crippen LogP) is 6.48. The van der Waals surface area contributed by atoms with Gasteiger partial charge in [-0.2, -0.15) is 0 Å². The van der Waals surface area contributed by atoms with Crippen LogP contribution in [0.25, 0.3) is 0 Å². The molecule has 0 saturated heterocycles. The van der Waals surface area contributed by atoms with Crippen molar-refractivity contribution >= 4 is 46.3 Å². The van der Waals surface area contributed by atoms with Crippen molar-refractivity contribution in [2.75, 3.05) is 10.6 Å². The van der Waals surface area contributed by atoms with Crippen LogP contribution < -0.4 is 10.6 Å². The van der Waals surface area contributed by atoms with Gasteiger partial charge in [0, 0.05) is 27.0 Å². The van der Waals surface area contributed by atoms with Crippen LogP contribution in [0.3, 0.4) is 0 Å². The quantitative estimate of drug-likeness (QED) is 0.282. The first-order valence-corrected chi connectivity index (χ1v) is 11.2. The summed E-state index contributed by atoms with van der Waals surface area (Å²) in [4.78, 5) is 26.9. The third-order valence-electron chi connectivity index (χ3n) is 4.67. The van der Waals surface area contributed by atoms with Gasteiger partial charge in [-0.25, -0.2) is 4.79 Å². The summed E-state index contributed by atoms with van der Waals surface area (Å²) in [7, 11) is 0. The third-order valence-corrected chi connectivity index (χ3v) is 5.17. The van der Waals surface area contributed by atoms with Gasteiger partial charge in [-0.05, 0) is 69.3 Å². The summed E-state index contributed by atoms with van der Waals surface area (Å²) in [6.45, 7) is 5.35. The lowest BCUT2D eigenvalue weighted by Crippen LogP contribution is -2.51. The Hall–Kier alpha value is -3.02. The van der Waals surface area contributed by atoms with Gasteiger partial charge in [-0.1, -0.05) is 53.5 Å². The van der Waals surface area contributed by atoms with Crippen LogP contribution in [0.4, 0.5) is 11.4 Å². The lowest BCUT2D eigenvalue weighted by molar-refractivity contribution is -0.155. The summed E-state index contributed by atoms with van der Waals surface area (Å²) in [6, 6.07) is 20.6. The summed E-state index contributed by atoms with van der Waals surface area (Å²) in [5.74, 6) is -0.823. The first-order valence-electron chi connectivity index (χ1n) is 10.5. The van der Waals surface area contributed by atoms with Gasteiger partial charge in [-0.15, -0.1) is 0 Å². The van der Waals surface area contributed by atoms with E-state index in [4.69, 9.17) is 27.9 Å². The number of hydrogen-bond acceptors (Lipinski definition) is 5. The highest BCUT2D eigenvalue weighted by atomic mass is 35.5. The molecule has 3 rings (SSSR count). The van der Waals surface area contributed by atoms with E-state index in [9.17, 15) is 9.59 Å². The molecule has 0 saturated carbocycles. The van der Waals surface area contributed by atoms with E-state index >= 15 is 0 Å². The molecular weight excluding hydrogens is 459 g/mol. The monoisotopic (exact) mass is 484 g/mol. The topological polar surface area (TPSA) is 67.4 Å². The third kappa shape index (κ3) is 7.24. The Balaban J connectivity index is 2.03. The molecular formula is C26H26Cl2N2O3. The molecule has 0 bridgehead atoms. The van der Waals surface area contributed by atoms with Gasteiger partial charge >= 0.3 is 5.97 Å². The fraction of sp³-hybridized carbons (Fsp3) is 0.231. The first kappa shape index (κ1) is 24.6. The molecule has 33 heavy (non-hydrogen) atoms. The highest BCUT2D eigenvalue weighted by Crippen LogP contribution is 2.22. The highest BCUT2D eigenvalue weighted by molar-refractivity contribution is 6.30. The fourth-order valence-electron chi connectivity index (χ4n) is 3.18. The summed E-state index contributed by atoms with van der Waals surface area (Å²) < 4.78 is 5.68. The number of hydrogen-bond donors (Lipinski definition) is 2. The molecule has 0 spiro atoms. The Morgan fingerprint density at radius 1 is 0.727 bits per heavy atom. The number of nitrogens with one attached hydrogen (secondary N) is 2. The van der Waals surface area contributed by atoms with E-state index < -0.39 is 23.7 Å². The normalized spacial score (nSPS) is 13.0. The maximum absolute atomic E-state index is 13.6. The molecule has 2 atom stereocenters. The number of anilines is 2. The van der Waals surface area contributed by atoms with Crippen LogP contribution in [0.5, 0.6) is 0 Å². The van der Waals surface area contributed by atoms with Crippen molar-refractivity contribution in [3.8, 4) is 0 Å². The molecule has 0 aromatic heterocycles. The second-order valence-electron chi connectivity index (χ2n) is 8.52. The molecule has 0 fully saturated rings. The minimum absolute atomic E-state index is 0.261. The van der Waals surface area contributed by atoms with Gasteiger partial charge in [0.05, 0.1) is 0 Å². The Morgan fingerprint density at radius 2 is 1.18 bits per heavy atom. The molecule has 0 aliphatic heterocycles. The van der Waals surface area contributed by atoms with Crippen molar-refractivity contribution in [3.63, 3.8) is 0 Å². The number of carbonyl (C=O) groups is 2. The Labute approximate surface area is 204 Å². The van der Waals surface area contributed by atoms with Crippen molar-refractivity contribution in [2.45, 2.75) is 38.5 Å². The number of rotatable bonds is 8. The number of benzene rings is 3. The standard InChI is InChI=1S/C26H26Cl2N2O3/c1-26(2,3)33-25(32)23(30-21-15-11-19(28)12-16-21)22(24(31)17-7-5-4-6-8-17)29-20-13-9-18(27)10-14-20/h4-16,22-23,29-30H,1-3H3/t22?,23-/m1/s1. The molecule has 172 valence electrons. The summed E-state index contributed by atoms with van der Waals surface area (Å²) >= 11 is 12.0. The van der Waals surface area contributed by atoms with Crippen LogP contribution in [0.2, 0.25) is 10.0 Å². The largest absolute Gasteiger partial charge is 0.458 e. The maximum atomic E-state index is 13.6. The lowest BCUT2D eigenvalue weighted by Gasteiger charge is -2.31. The second kappa shape index (κ2) is 10.7. The summed E-state index contributed by atoms with van der Waals surface area (Å²) in [5, 5.41) is 7.50. The maximum Gasteiger partial charge on any atom is 0.331 e. The van der Waals surface area contributed by atoms with Crippen molar-refractivity contribution in [2.24, 2.45) is 0 Å². The van der Waals surface area contributed by atoms with Gasteiger partial charge in [0.2, 0.25) is 0 Å². The van der Waals surface area contributed by atoms with E-state index in [0.717, 1.165) is 0 Å².